The van der Waals surface area contributed by atoms with Gasteiger partial charge in [-0.2, -0.15) is 0 Å². The van der Waals surface area contributed by atoms with Gasteiger partial charge in [0.25, 0.3) is 15.7 Å². The zero-order valence-corrected chi connectivity index (χ0v) is 29.8. The summed E-state index contributed by atoms with van der Waals surface area (Å²) in [5.74, 6) is 0.893. The molecular formula is C40H40N2O9S. The number of sulfonamides is 1. The number of carbonyl (C=O) groups is 1. The Kier molecular flexibility index (Phi) is 13.0. The van der Waals surface area contributed by atoms with Crippen molar-refractivity contribution in [2.75, 3.05) is 31.2 Å². The summed E-state index contributed by atoms with van der Waals surface area (Å²) in [7, 11) is -3.14. The average molecular weight is 725 g/mol. The molecule has 0 N–H and O–H groups in total. The van der Waals surface area contributed by atoms with Crippen LogP contribution < -0.4 is 13.8 Å². The summed E-state index contributed by atoms with van der Waals surface area (Å²) < 4.78 is 52.1. The van der Waals surface area contributed by atoms with Gasteiger partial charge in [0.1, 0.15) is 24.7 Å². The number of hydrogen-bond acceptors (Lipinski definition) is 9. The summed E-state index contributed by atoms with van der Waals surface area (Å²) >= 11 is 0. The summed E-state index contributed by atoms with van der Waals surface area (Å²) in [5.41, 5.74) is 3.67. The van der Waals surface area contributed by atoms with Crippen LogP contribution in [0.1, 0.15) is 30.0 Å². The zero-order valence-electron chi connectivity index (χ0n) is 29.0. The van der Waals surface area contributed by atoms with E-state index >= 15 is 0 Å². The van der Waals surface area contributed by atoms with E-state index in [0.29, 0.717) is 55.6 Å². The molecular weight excluding hydrogens is 685 g/mol. The highest BCUT2D eigenvalue weighted by atomic mass is 32.2. The predicted octanol–water partition coefficient (Wildman–Crippen LogP) is 7.76. The number of esters is 1. The van der Waals surface area contributed by atoms with Crippen LogP contribution in [0.25, 0.3) is 11.1 Å². The number of benzene rings is 5. The van der Waals surface area contributed by atoms with Crippen molar-refractivity contribution in [3.8, 4) is 22.6 Å². The van der Waals surface area contributed by atoms with E-state index in [9.17, 15) is 23.3 Å². The standard InChI is InChI=1S/C40H40N2O9S/c1-3-49-25-26-50-35-21-17-33(18-22-35)36-27-32(15-23-38(36)51-29-31-9-5-4-6-10-31)28-41(34-19-13-30(14-20-34)16-24-40(43)48-2)52(46,47)39-12-8-7-11-37(39)42(44)45/h4-15,17-23,27H,3,16,24-26,28-29H2,1-2H3. The van der Waals surface area contributed by atoms with Crippen LogP contribution in [0, 0.1) is 10.1 Å². The minimum Gasteiger partial charge on any atom is -0.491 e. The Morgan fingerprint density at radius 2 is 1.48 bits per heavy atom. The van der Waals surface area contributed by atoms with Crippen LogP contribution in [0.3, 0.4) is 0 Å². The van der Waals surface area contributed by atoms with Gasteiger partial charge in [0, 0.05) is 24.7 Å². The monoisotopic (exact) mass is 724 g/mol. The highest BCUT2D eigenvalue weighted by molar-refractivity contribution is 7.93. The van der Waals surface area contributed by atoms with E-state index in [2.05, 4.69) is 0 Å². The van der Waals surface area contributed by atoms with E-state index in [1.807, 2.05) is 67.6 Å². The number of hydrogen-bond donors (Lipinski definition) is 0. The number of ether oxygens (including phenoxy) is 4. The van der Waals surface area contributed by atoms with Gasteiger partial charge in [-0.3, -0.25) is 19.2 Å². The Hall–Kier alpha value is -5.72. The second-order valence-electron chi connectivity index (χ2n) is 11.7. The molecule has 5 aromatic carbocycles. The van der Waals surface area contributed by atoms with Gasteiger partial charge in [-0.25, -0.2) is 8.42 Å². The summed E-state index contributed by atoms with van der Waals surface area (Å²) in [4.78, 5) is 22.5. The molecule has 0 aromatic heterocycles. The van der Waals surface area contributed by atoms with Gasteiger partial charge >= 0.3 is 5.97 Å². The third kappa shape index (κ3) is 9.74. The van der Waals surface area contributed by atoms with Crippen molar-refractivity contribution in [3.05, 3.63) is 148 Å². The minimum absolute atomic E-state index is 0.152. The van der Waals surface area contributed by atoms with Crippen LogP contribution in [0.4, 0.5) is 11.4 Å². The molecule has 0 heterocycles. The van der Waals surface area contributed by atoms with Crippen molar-refractivity contribution < 1.29 is 37.1 Å². The first kappa shape index (κ1) is 37.5. The van der Waals surface area contributed by atoms with Crippen molar-refractivity contribution in [2.45, 2.75) is 37.8 Å². The first-order chi connectivity index (χ1) is 25.2. The topological polar surface area (TPSA) is 135 Å². The van der Waals surface area contributed by atoms with Crippen molar-refractivity contribution in [1.82, 2.24) is 0 Å². The maximum atomic E-state index is 14.4. The molecule has 0 amide bonds. The molecule has 5 rings (SSSR count). The molecule has 0 bridgehead atoms. The van der Waals surface area contributed by atoms with E-state index < -0.39 is 25.5 Å². The van der Waals surface area contributed by atoms with Gasteiger partial charge in [-0.05, 0) is 78.1 Å². The first-order valence-corrected chi connectivity index (χ1v) is 18.2. The predicted molar refractivity (Wildman–Crippen MR) is 198 cm³/mol. The van der Waals surface area contributed by atoms with Crippen LogP contribution in [-0.4, -0.2) is 46.2 Å². The molecule has 0 saturated carbocycles. The lowest BCUT2D eigenvalue weighted by Gasteiger charge is -2.25. The van der Waals surface area contributed by atoms with E-state index in [1.54, 1.807) is 36.4 Å². The molecule has 0 unspecified atom stereocenters. The fourth-order valence-corrected chi connectivity index (χ4v) is 7.07. The number of nitro groups is 1. The molecule has 0 aliphatic rings. The van der Waals surface area contributed by atoms with Crippen LogP contribution in [-0.2, 0) is 43.9 Å². The maximum absolute atomic E-state index is 14.4. The number of methoxy groups -OCH3 is 1. The summed E-state index contributed by atoms with van der Waals surface area (Å²) in [5, 5.41) is 12.0. The van der Waals surface area contributed by atoms with Crippen molar-refractivity contribution in [3.63, 3.8) is 0 Å². The molecule has 270 valence electrons. The van der Waals surface area contributed by atoms with Crippen molar-refractivity contribution >= 4 is 27.4 Å². The Morgan fingerprint density at radius 1 is 0.788 bits per heavy atom. The smallest absolute Gasteiger partial charge is 0.305 e. The minimum atomic E-state index is -4.46. The van der Waals surface area contributed by atoms with Gasteiger partial charge < -0.3 is 18.9 Å². The van der Waals surface area contributed by atoms with Crippen molar-refractivity contribution in [2.24, 2.45) is 0 Å². The highest BCUT2D eigenvalue weighted by Gasteiger charge is 2.32. The average Bonchev–Trinajstić information content (AvgIpc) is 3.18. The second kappa shape index (κ2) is 18.0. The molecule has 0 aliphatic heterocycles. The Labute approximate surface area is 303 Å². The van der Waals surface area contributed by atoms with Gasteiger partial charge in [0.2, 0.25) is 0 Å². The number of nitrogens with zero attached hydrogens (tertiary/aromatic N) is 2. The lowest BCUT2D eigenvalue weighted by atomic mass is 10.0. The first-order valence-electron chi connectivity index (χ1n) is 16.7. The second-order valence-corrected chi connectivity index (χ2v) is 13.5. The quantitative estimate of drug-likeness (QED) is 0.0385. The Morgan fingerprint density at radius 3 is 2.17 bits per heavy atom. The fourth-order valence-electron chi connectivity index (χ4n) is 5.46. The molecule has 0 saturated heterocycles. The molecule has 0 fully saturated rings. The van der Waals surface area contributed by atoms with Crippen LogP contribution in [0.2, 0.25) is 0 Å². The van der Waals surface area contributed by atoms with E-state index in [-0.39, 0.29) is 18.9 Å². The largest absolute Gasteiger partial charge is 0.491 e. The number of para-hydroxylation sites is 1. The van der Waals surface area contributed by atoms with Crippen LogP contribution in [0.15, 0.2) is 126 Å². The highest BCUT2D eigenvalue weighted by Crippen LogP contribution is 2.36. The van der Waals surface area contributed by atoms with E-state index in [1.165, 1.54) is 31.4 Å². The Balaban J connectivity index is 1.53. The van der Waals surface area contributed by atoms with Crippen LogP contribution in [0.5, 0.6) is 11.5 Å². The van der Waals surface area contributed by atoms with Gasteiger partial charge in [-0.15, -0.1) is 0 Å². The molecule has 5 aromatic rings. The lowest BCUT2D eigenvalue weighted by molar-refractivity contribution is -0.387. The van der Waals surface area contributed by atoms with E-state index in [4.69, 9.17) is 18.9 Å². The zero-order chi connectivity index (χ0) is 36.9. The lowest BCUT2D eigenvalue weighted by Crippen LogP contribution is -2.31. The fraction of sp³-hybridized carbons (Fsp3) is 0.225. The molecule has 11 nitrogen and oxygen atoms in total. The van der Waals surface area contributed by atoms with Gasteiger partial charge in [0.15, 0.2) is 4.90 Å². The summed E-state index contributed by atoms with van der Waals surface area (Å²) in [6, 6.07) is 34.7. The molecule has 0 aliphatic carbocycles. The van der Waals surface area contributed by atoms with Crippen molar-refractivity contribution in [1.29, 1.82) is 0 Å². The third-order valence-electron chi connectivity index (χ3n) is 8.17. The maximum Gasteiger partial charge on any atom is 0.305 e. The molecule has 12 heteroatoms. The number of rotatable bonds is 18. The molecule has 0 spiro atoms. The number of nitro benzene ring substituents is 1. The number of carbonyl (C=O) groups excluding carboxylic acids is 1. The summed E-state index contributed by atoms with van der Waals surface area (Å²) in [6.07, 6.45) is 0.559. The van der Waals surface area contributed by atoms with Gasteiger partial charge in [-0.1, -0.05) is 72.8 Å². The van der Waals surface area contributed by atoms with Crippen LogP contribution >= 0.6 is 0 Å². The number of aryl methyl sites for hydroxylation is 1. The van der Waals surface area contributed by atoms with E-state index in [0.717, 1.165) is 26.6 Å². The van der Waals surface area contributed by atoms with Gasteiger partial charge in [0.05, 0.1) is 30.9 Å². The molecule has 0 radical (unpaired) electrons. The summed E-state index contributed by atoms with van der Waals surface area (Å²) in [6.45, 7) is 3.57. The number of anilines is 1. The normalized spacial score (nSPS) is 11.1. The molecule has 0 atom stereocenters. The third-order valence-corrected chi connectivity index (χ3v) is 9.99. The SMILES string of the molecule is CCOCCOc1ccc(-c2cc(CN(c3ccc(CCC(=O)OC)cc3)S(=O)(=O)c3ccccc3[N+](=O)[O-])ccc2OCc2ccccc2)cc1. The Bertz CT molecular complexity index is 2050. The molecule has 52 heavy (non-hydrogen) atoms.